The van der Waals surface area contributed by atoms with Gasteiger partial charge in [0.2, 0.25) is 5.91 Å². The molecule has 6 amide bonds. The van der Waals surface area contributed by atoms with Crippen molar-refractivity contribution in [3.8, 4) is 0 Å². The molecule has 0 radical (unpaired) electrons. The second kappa shape index (κ2) is 9.54. The quantitative estimate of drug-likeness (QED) is 0.490. The van der Waals surface area contributed by atoms with Crippen LogP contribution in [0.2, 0.25) is 0 Å². The van der Waals surface area contributed by atoms with E-state index in [1.54, 1.807) is 31.2 Å². The van der Waals surface area contributed by atoms with Crippen LogP contribution < -0.4 is 21.3 Å². The number of hydrogen-bond donors (Lipinski definition) is 4. The normalized spacial score (nSPS) is 17.4. The van der Waals surface area contributed by atoms with E-state index >= 15 is 0 Å². The third-order valence-electron chi connectivity index (χ3n) is 6.34. The molecule has 1 heterocycles. The molecule has 1 saturated carbocycles. The summed E-state index contributed by atoms with van der Waals surface area (Å²) in [6, 6.07) is 12.8. The molecule has 0 aromatic heterocycles. The zero-order valence-electron chi connectivity index (χ0n) is 19.3. The summed E-state index contributed by atoms with van der Waals surface area (Å²) in [5, 5.41) is 11.1. The number of amides is 6. The third kappa shape index (κ3) is 4.88. The van der Waals surface area contributed by atoms with Gasteiger partial charge >= 0.3 is 12.1 Å². The number of anilines is 2. The maximum atomic E-state index is 12.9. The Morgan fingerprint density at radius 3 is 2.35 bits per heavy atom. The molecule has 178 valence electrons. The van der Waals surface area contributed by atoms with Gasteiger partial charge in [-0.2, -0.15) is 0 Å². The fourth-order valence-electron chi connectivity index (χ4n) is 4.54. The Labute approximate surface area is 198 Å². The highest BCUT2D eigenvalue weighted by Crippen LogP contribution is 2.35. The number of carbonyl (C=O) groups is 4. The van der Waals surface area contributed by atoms with E-state index in [0.717, 1.165) is 28.9 Å². The summed E-state index contributed by atoms with van der Waals surface area (Å²) >= 11 is 0. The zero-order chi connectivity index (χ0) is 24.3. The fraction of sp³-hybridized carbons (Fsp3) is 0.360. The van der Waals surface area contributed by atoms with Gasteiger partial charge in [0.25, 0.3) is 5.91 Å². The monoisotopic (exact) mass is 463 g/mol. The molecular weight excluding hydrogens is 434 g/mol. The molecule has 9 nitrogen and oxygen atoms in total. The number of benzene rings is 2. The smallest absolute Gasteiger partial charge is 0.325 e. The molecule has 2 aromatic carbocycles. The summed E-state index contributed by atoms with van der Waals surface area (Å²) < 4.78 is 0. The molecule has 2 aromatic rings. The molecule has 1 aliphatic carbocycles. The van der Waals surface area contributed by atoms with Crippen molar-refractivity contribution in [2.75, 3.05) is 10.6 Å². The zero-order valence-corrected chi connectivity index (χ0v) is 19.3. The van der Waals surface area contributed by atoms with Crippen molar-refractivity contribution in [2.45, 2.75) is 57.7 Å². The summed E-state index contributed by atoms with van der Waals surface area (Å²) in [5.41, 5.74) is 2.22. The van der Waals surface area contributed by atoms with Crippen LogP contribution in [-0.4, -0.2) is 40.4 Å². The molecule has 1 spiro atoms. The van der Waals surface area contributed by atoms with Crippen molar-refractivity contribution < 1.29 is 19.2 Å². The second-order valence-electron chi connectivity index (χ2n) is 8.94. The van der Waals surface area contributed by atoms with Crippen LogP contribution in [0, 0.1) is 6.92 Å². The average molecular weight is 464 g/mol. The van der Waals surface area contributed by atoms with Gasteiger partial charge < -0.3 is 21.3 Å². The van der Waals surface area contributed by atoms with Gasteiger partial charge in [-0.05, 0) is 62.1 Å². The lowest BCUT2D eigenvalue weighted by Crippen LogP contribution is -2.49. The predicted octanol–water partition coefficient (Wildman–Crippen LogP) is 3.51. The first-order valence-corrected chi connectivity index (χ1v) is 11.4. The van der Waals surface area contributed by atoms with E-state index in [-0.39, 0.29) is 18.5 Å². The molecule has 2 fully saturated rings. The van der Waals surface area contributed by atoms with Crippen molar-refractivity contribution in [2.24, 2.45) is 0 Å². The van der Waals surface area contributed by atoms with Crippen LogP contribution in [0.1, 0.15) is 43.7 Å². The Hall–Kier alpha value is -3.88. The first-order valence-electron chi connectivity index (χ1n) is 11.4. The van der Waals surface area contributed by atoms with E-state index < -0.39 is 23.5 Å². The Morgan fingerprint density at radius 2 is 1.68 bits per heavy atom. The van der Waals surface area contributed by atoms with E-state index in [1.807, 2.05) is 31.2 Å². The van der Waals surface area contributed by atoms with Crippen LogP contribution >= 0.6 is 0 Å². The minimum absolute atomic E-state index is 0.187. The largest absolute Gasteiger partial charge is 0.350 e. The Bertz CT molecular complexity index is 1130. The summed E-state index contributed by atoms with van der Waals surface area (Å²) in [4.78, 5) is 51.4. The average Bonchev–Trinajstić information content (AvgIpc) is 3.36. The van der Waals surface area contributed by atoms with Crippen LogP contribution in [0.5, 0.6) is 0 Å². The molecule has 1 aliphatic heterocycles. The number of nitrogens with zero attached hydrogens (tertiary/aromatic N) is 1. The standard InChI is InChI=1S/C25H29N5O4/c1-16-7-5-9-19(13-16)27-23(33)28-20-10-6-8-18(14-20)15-26-21(31)17(2)30-22(32)25(29-24(30)34)11-3-4-12-25/h5-10,13-14,17H,3-4,11-12,15H2,1-2H3,(H,26,31)(H,29,34)(H2,27,28,33). The van der Waals surface area contributed by atoms with Crippen molar-refractivity contribution >= 4 is 35.3 Å². The van der Waals surface area contributed by atoms with Gasteiger partial charge in [-0.25, -0.2) is 14.5 Å². The van der Waals surface area contributed by atoms with Gasteiger partial charge in [-0.15, -0.1) is 0 Å². The van der Waals surface area contributed by atoms with Crippen molar-refractivity contribution in [3.63, 3.8) is 0 Å². The van der Waals surface area contributed by atoms with Crippen molar-refractivity contribution in [3.05, 3.63) is 59.7 Å². The first-order chi connectivity index (χ1) is 16.3. The summed E-state index contributed by atoms with van der Waals surface area (Å²) in [7, 11) is 0. The highest BCUT2D eigenvalue weighted by Gasteiger charge is 2.54. The van der Waals surface area contributed by atoms with Crippen LogP contribution in [0.4, 0.5) is 21.0 Å². The molecule has 0 bridgehead atoms. The lowest BCUT2D eigenvalue weighted by Gasteiger charge is -2.23. The molecule has 2 aliphatic rings. The van der Waals surface area contributed by atoms with Gasteiger partial charge in [0.1, 0.15) is 11.6 Å². The molecule has 1 unspecified atom stereocenters. The van der Waals surface area contributed by atoms with Gasteiger partial charge in [-0.3, -0.25) is 9.59 Å². The van der Waals surface area contributed by atoms with Gasteiger partial charge in [0, 0.05) is 17.9 Å². The number of carbonyl (C=O) groups excluding carboxylic acids is 4. The number of aryl methyl sites for hydroxylation is 1. The number of hydrogen-bond acceptors (Lipinski definition) is 4. The minimum Gasteiger partial charge on any atom is -0.350 e. The molecule has 34 heavy (non-hydrogen) atoms. The third-order valence-corrected chi connectivity index (χ3v) is 6.34. The van der Waals surface area contributed by atoms with Gasteiger partial charge in [-0.1, -0.05) is 37.1 Å². The number of rotatable bonds is 6. The van der Waals surface area contributed by atoms with E-state index in [0.29, 0.717) is 24.2 Å². The number of imide groups is 1. The van der Waals surface area contributed by atoms with E-state index in [9.17, 15) is 19.2 Å². The summed E-state index contributed by atoms with van der Waals surface area (Å²) in [5.74, 6) is -0.738. The lowest BCUT2D eigenvalue weighted by molar-refractivity contribution is -0.137. The van der Waals surface area contributed by atoms with E-state index in [1.165, 1.54) is 0 Å². The van der Waals surface area contributed by atoms with Crippen LogP contribution in [-0.2, 0) is 16.1 Å². The van der Waals surface area contributed by atoms with Crippen molar-refractivity contribution in [1.29, 1.82) is 0 Å². The highest BCUT2D eigenvalue weighted by molar-refractivity contribution is 6.10. The number of urea groups is 2. The SMILES string of the molecule is Cc1cccc(NC(=O)Nc2cccc(CNC(=O)C(C)N3C(=O)NC4(CCCC4)C3=O)c2)c1. The topological polar surface area (TPSA) is 120 Å². The lowest BCUT2D eigenvalue weighted by atomic mass is 9.97. The molecule has 1 saturated heterocycles. The minimum atomic E-state index is -0.922. The van der Waals surface area contributed by atoms with Gasteiger partial charge in [0.15, 0.2) is 0 Å². The summed E-state index contributed by atoms with van der Waals surface area (Å²) in [6.07, 6.45) is 2.99. The second-order valence-corrected chi connectivity index (χ2v) is 8.94. The molecule has 1 atom stereocenters. The molecule has 4 rings (SSSR count). The highest BCUT2D eigenvalue weighted by atomic mass is 16.2. The maximum absolute atomic E-state index is 12.9. The van der Waals surface area contributed by atoms with Crippen LogP contribution in [0.3, 0.4) is 0 Å². The Balaban J connectivity index is 1.32. The van der Waals surface area contributed by atoms with E-state index in [4.69, 9.17) is 0 Å². The van der Waals surface area contributed by atoms with Crippen molar-refractivity contribution in [1.82, 2.24) is 15.5 Å². The summed E-state index contributed by atoms with van der Waals surface area (Å²) in [6.45, 7) is 3.68. The molecule has 9 heteroatoms. The Morgan fingerprint density at radius 1 is 1.03 bits per heavy atom. The van der Waals surface area contributed by atoms with E-state index in [2.05, 4.69) is 21.3 Å². The molecule has 4 N–H and O–H groups in total. The molecular formula is C25H29N5O4. The fourth-order valence-corrected chi connectivity index (χ4v) is 4.54. The first kappa shape index (κ1) is 23.3. The number of nitrogens with one attached hydrogen (secondary N) is 4. The predicted molar refractivity (Wildman–Crippen MR) is 128 cm³/mol. The van der Waals surface area contributed by atoms with Crippen LogP contribution in [0.15, 0.2) is 48.5 Å². The maximum Gasteiger partial charge on any atom is 0.325 e. The Kier molecular flexibility index (Phi) is 6.54. The van der Waals surface area contributed by atoms with Crippen LogP contribution in [0.25, 0.3) is 0 Å². The van der Waals surface area contributed by atoms with Gasteiger partial charge in [0.05, 0.1) is 0 Å².